The molecule has 10 atom stereocenters. The van der Waals surface area contributed by atoms with Gasteiger partial charge in [-0.15, -0.1) is 0 Å². The molecular weight excluding hydrogens is 486 g/mol. The monoisotopic (exact) mass is 537 g/mol. The van der Waals surface area contributed by atoms with Crippen molar-refractivity contribution in [1.29, 1.82) is 0 Å². The highest BCUT2D eigenvalue weighted by Crippen LogP contribution is 2.68. The molecule has 6 rings (SSSR count). The van der Waals surface area contributed by atoms with E-state index in [9.17, 15) is 15.0 Å². The molecule has 0 aromatic heterocycles. The number of hydrogen-bond donors (Lipinski definition) is 2. The summed E-state index contributed by atoms with van der Waals surface area (Å²) in [5.74, 6) is 4.60. The number of nitrogens with zero attached hydrogens (tertiary/aromatic N) is 1. The zero-order valence-corrected chi connectivity index (χ0v) is 24.7. The lowest BCUT2D eigenvalue weighted by Crippen LogP contribution is -2.58. The van der Waals surface area contributed by atoms with Gasteiger partial charge in [-0.3, -0.25) is 4.79 Å². The molecule has 1 aromatic carbocycles. The van der Waals surface area contributed by atoms with Gasteiger partial charge < -0.3 is 19.8 Å². The second-order valence-electron chi connectivity index (χ2n) is 14.6. The molecule has 4 aliphatic carbocycles. The lowest BCUT2D eigenvalue weighted by Gasteiger charge is -2.62. The number of ether oxygens (including phenoxy) is 1. The van der Waals surface area contributed by atoms with Gasteiger partial charge in [-0.1, -0.05) is 26.8 Å². The third-order valence-corrected chi connectivity index (χ3v) is 13.1. The summed E-state index contributed by atoms with van der Waals surface area (Å²) in [5.41, 5.74) is 2.78. The number of carbonyl (C=O) groups excluding carboxylic acids is 1. The second-order valence-corrected chi connectivity index (χ2v) is 14.6. The molecule has 0 spiro atoms. The molecule has 0 saturated heterocycles. The zero-order chi connectivity index (χ0) is 27.5. The molecule has 0 radical (unpaired) electrons. The van der Waals surface area contributed by atoms with Crippen molar-refractivity contribution in [3.8, 4) is 5.75 Å². The van der Waals surface area contributed by atoms with Gasteiger partial charge >= 0.3 is 0 Å². The zero-order valence-electron chi connectivity index (χ0n) is 24.7. The molecule has 0 bridgehead atoms. The minimum Gasteiger partial charge on any atom is -0.497 e. The van der Waals surface area contributed by atoms with Crippen LogP contribution in [0.4, 0.5) is 0 Å². The molecule has 216 valence electrons. The van der Waals surface area contributed by atoms with Gasteiger partial charge in [-0.05, 0) is 134 Å². The summed E-state index contributed by atoms with van der Waals surface area (Å²) in [6.45, 7) is 8.74. The Hall–Kier alpha value is -1.59. The summed E-state index contributed by atoms with van der Waals surface area (Å²) in [5, 5.41) is 22.2. The van der Waals surface area contributed by atoms with Crippen LogP contribution in [0.1, 0.15) is 96.1 Å². The first-order valence-electron chi connectivity index (χ1n) is 15.9. The van der Waals surface area contributed by atoms with Crippen LogP contribution in [0.3, 0.4) is 0 Å². The third-order valence-electron chi connectivity index (χ3n) is 13.1. The van der Waals surface area contributed by atoms with Gasteiger partial charge in [-0.2, -0.15) is 0 Å². The molecule has 5 heteroatoms. The fraction of sp³-hybridized carbons (Fsp3) is 0.794. The van der Waals surface area contributed by atoms with Gasteiger partial charge in [0.15, 0.2) is 0 Å². The number of fused-ring (bicyclic) bond motifs is 6. The van der Waals surface area contributed by atoms with E-state index in [-0.39, 0.29) is 28.9 Å². The molecule has 1 aliphatic heterocycles. The Morgan fingerprint density at radius 3 is 2.69 bits per heavy atom. The lowest BCUT2D eigenvalue weighted by molar-refractivity contribution is -0.175. The first-order valence-corrected chi connectivity index (χ1v) is 15.9. The van der Waals surface area contributed by atoms with Gasteiger partial charge in [0, 0.05) is 19.5 Å². The smallest absolute Gasteiger partial charge is 0.222 e. The van der Waals surface area contributed by atoms with Crippen LogP contribution in [0.15, 0.2) is 18.2 Å². The van der Waals surface area contributed by atoms with Crippen molar-refractivity contribution >= 4 is 5.91 Å². The Kier molecular flexibility index (Phi) is 7.32. The summed E-state index contributed by atoms with van der Waals surface area (Å²) in [6.07, 6.45) is 10.9. The van der Waals surface area contributed by atoms with Gasteiger partial charge in [0.25, 0.3) is 0 Å². The average molecular weight is 538 g/mol. The van der Waals surface area contributed by atoms with E-state index in [1.165, 1.54) is 36.8 Å². The fourth-order valence-corrected chi connectivity index (χ4v) is 10.7. The van der Waals surface area contributed by atoms with Crippen molar-refractivity contribution in [2.75, 3.05) is 13.7 Å². The molecule has 4 fully saturated rings. The Morgan fingerprint density at radius 2 is 1.90 bits per heavy atom. The molecule has 5 aliphatic rings. The lowest BCUT2D eigenvalue weighted by atomic mass is 9.43. The maximum Gasteiger partial charge on any atom is 0.222 e. The maximum atomic E-state index is 13.3. The Bertz CT molecular complexity index is 1070. The topological polar surface area (TPSA) is 70.0 Å². The van der Waals surface area contributed by atoms with Gasteiger partial charge in [-0.25, -0.2) is 0 Å². The summed E-state index contributed by atoms with van der Waals surface area (Å²) in [6, 6.07) is 6.22. The van der Waals surface area contributed by atoms with Crippen molar-refractivity contribution < 1.29 is 19.7 Å². The molecule has 2 N–H and O–H groups in total. The first kappa shape index (κ1) is 27.6. The number of aliphatic hydroxyl groups excluding tert-OH is 2. The highest BCUT2D eigenvalue weighted by molar-refractivity contribution is 5.76. The number of methoxy groups -OCH3 is 1. The number of benzene rings is 1. The number of rotatable bonds is 5. The summed E-state index contributed by atoms with van der Waals surface area (Å²) in [7, 11) is 1.70. The van der Waals surface area contributed by atoms with Crippen LogP contribution in [0.25, 0.3) is 0 Å². The molecular formula is C34H51NO4. The summed E-state index contributed by atoms with van der Waals surface area (Å²) >= 11 is 0. The van der Waals surface area contributed by atoms with Crippen LogP contribution >= 0.6 is 0 Å². The molecule has 1 aromatic rings. The largest absolute Gasteiger partial charge is 0.497 e. The van der Waals surface area contributed by atoms with Crippen LogP contribution in [-0.2, 0) is 17.8 Å². The molecule has 0 unspecified atom stereocenters. The van der Waals surface area contributed by atoms with Gasteiger partial charge in [0.2, 0.25) is 5.91 Å². The van der Waals surface area contributed by atoms with E-state index in [4.69, 9.17) is 4.74 Å². The van der Waals surface area contributed by atoms with Gasteiger partial charge in [0.1, 0.15) is 5.75 Å². The van der Waals surface area contributed by atoms with Crippen molar-refractivity contribution in [3.05, 3.63) is 29.3 Å². The average Bonchev–Trinajstić information content (AvgIpc) is 3.30. The molecule has 39 heavy (non-hydrogen) atoms. The second kappa shape index (κ2) is 10.4. The molecule has 5 nitrogen and oxygen atoms in total. The van der Waals surface area contributed by atoms with E-state index < -0.39 is 0 Å². The minimum absolute atomic E-state index is 0.0376. The third kappa shape index (κ3) is 4.54. The summed E-state index contributed by atoms with van der Waals surface area (Å²) < 4.78 is 5.38. The Balaban J connectivity index is 1.10. The Morgan fingerprint density at radius 1 is 1.08 bits per heavy atom. The standard InChI is InChI=1S/C34H51NO4/c1-21(5-12-32(38)35-16-14-22-17-26(39-4)8-6-23(22)20-35)28-10-11-29-27-9-7-24-18-25(36)13-15-33(24,2)30(27)19-31(37)34(28,29)3/h6,8,17,21,24-25,27-31,36-37H,5,7,9-16,18-20H2,1-4H3/t21-,24-,25-,27+,28-,29+,30+,31+,33+,34-/m1/s1. The quantitative estimate of drug-likeness (QED) is 0.484. The number of hydrogen-bond acceptors (Lipinski definition) is 4. The van der Waals surface area contributed by atoms with Crippen molar-refractivity contribution in [1.82, 2.24) is 4.90 Å². The SMILES string of the molecule is COc1ccc2c(c1)CCN(C(=O)CC[C@@H](C)[C@H]1CC[C@H]3[C@@H]4CC[C@@H]5C[C@H](O)CC[C@]5(C)[C@H]4C[C@H](O)[C@]13C)C2. The highest BCUT2D eigenvalue weighted by atomic mass is 16.5. The van der Waals surface area contributed by atoms with E-state index in [1.807, 2.05) is 11.0 Å². The Labute approximate surface area is 235 Å². The van der Waals surface area contributed by atoms with E-state index in [2.05, 4.69) is 32.9 Å². The molecule has 1 amide bonds. The molecule has 1 heterocycles. The number of aliphatic hydroxyl groups is 2. The van der Waals surface area contributed by atoms with Crippen LogP contribution in [-0.4, -0.2) is 46.9 Å². The minimum atomic E-state index is -0.257. The summed E-state index contributed by atoms with van der Waals surface area (Å²) in [4.78, 5) is 15.3. The van der Waals surface area contributed by atoms with Crippen molar-refractivity contribution in [3.63, 3.8) is 0 Å². The van der Waals surface area contributed by atoms with E-state index >= 15 is 0 Å². The van der Waals surface area contributed by atoms with E-state index in [1.54, 1.807) is 7.11 Å². The van der Waals surface area contributed by atoms with Crippen LogP contribution in [0.5, 0.6) is 5.75 Å². The number of carbonyl (C=O) groups is 1. The maximum absolute atomic E-state index is 13.3. The first-order chi connectivity index (χ1) is 18.6. The van der Waals surface area contributed by atoms with Crippen LogP contribution in [0.2, 0.25) is 0 Å². The van der Waals surface area contributed by atoms with Gasteiger partial charge in [0.05, 0.1) is 19.3 Å². The fourth-order valence-electron chi connectivity index (χ4n) is 10.7. The highest BCUT2D eigenvalue weighted by Gasteiger charge is 2.63. The van der Waals surface area contributed by atoms with Crippen molar-refractivity contribution in [2.24, 2.45) is 46.3 Å². The number of amides is 1. The van der Waals surface area contributed by atoms with Crippen LogP contribution < -0.4 is 4.74 Å². The predicted octanol–water partition coefficient (Wildman–Crippen LogP) is 5.99. The van der Waals surface area contributed by atoms with Crippen molar-refractivity contribution in [2.45, 2.75) is 110 Å². The predicted molar refractivity (Wildman–Crippen MR) is 153 cm³/mol. The molecule has 4 saturated carbocycles. The normalized spacial score (nSPS) is 42.1. The van der Waals surface area contributed by atoms with E-state index in [0.717, 1.165) is 50.8 Å². The van der Waals surface area contributed by atoms with Crippen LogP contribution in [0, 0.1) is 46.3 Å². The van der Waals surface area contributed by atoms with E-state index in [0.29, 0.717) is 48.5 Å².